The molecule has 0 aromatic carbocycles. The first-order valence-electron chi connectivity index (χ1n) is 2.51. The van der Waals surface area contributed by atoms with Crippen LogP contribution in [0.3, 0.4) is 0 Å². The van der Waals surface area contributed by atoms with Crippen molar-refractivity contribution in [3.05, 3.63) is 0 Å². The van der Waals surface area contributed by atoms with Gasteiger partial charge in [0.05, 0.1) is 12.3 Å². The Morgan fingerprint density at radius 1 is 1.44 bits per heavy atom. The summed E-state index contributed by atoms with van der Waals surface area (Å²) < 4.78 is 21.2. The van der Waals surface area contributed by atoms with E-state index in [0.29, 0.717) is 0 Å². The first-order valence-corrected chi connectivity index (χ1v) is 4.33. The molecule has 0 saturated carbocycles. The fraction of sp³-hybridized carbons (Fsp3) is 0.750. The molecular formula is C4H6NO3S. The summed E-state index contributed by atoms with van der Waals surface area (Å²) in [6, 6.07) is 0. The lowest BCUT2D eigenvalue weighted by Gasteiger charge is -2.08. The Hall–Kier alpha value is -0.580. The average molecular weight is 148 g/mol. The van der Waals surface area contributed by atoms with Gasteiger partial charge in [-0.3, -0.25) is 4.79 Å². The topological polar surface area (TPSA) is 65.3 Å². The van der Waals surface area contributed by atoms with Crippen LogP contribution < -0.4 is 5.32 Å². The third-order valence-electron chi connectivity index (χ3n) is 1.03. The number of carbonyl (C=O) groups excluding carboxylic acids is 1. The Labute approximate surface area is 53.2 Å². The van der Waals surface area contributed by atoms with Crippen LogP contribution in [0.15, 0.2) is 0 Å². The molecule has 1 aliphatic heterocycles. The maximum atomic E-state index is 10.6. The van der Waals surface area contributed by atoms with Gasteiger partial charge in [0.15, 0.2) is 9.84 Å². The van der Waals surface area contributed by atoms with Crippen molar-refractivity contribution in [3.63, 3.8) is 0 Å². The lowest BCUT2D eigenvalue weighted by Crippen LogP contribution is -2.36. The summed E-state index contributed by atoms with van der Waals surface area (Å²) in [7, 11) is -3.08. The van der Waals surface area contributed by atoms with E-state index in [4.69, 9.17) is 0 Å². The Balaban J connectivity index is 2.73. The highest BCUT2D eigenvalue weighted by Gasteiger charge is 2.22. The lowest BCUT2D eigenvalue weighted by atomic mass is 10.6. The summed E-state index contributed by atoms with van der Waals surface area (Å²) in [5.74, 6) is -0.882. The molecule has 0 atom stereocenters. The van der Waals surface area contributed by atoms with Gasteiger partial charge in [0.2, 0.25) is 0 Å². The second-order valence-corrected chi connectivity index (χ2v) is 4.05. The van der Waals surface area contributed by atoms with Gasteiger partial charge in [0.1, 0.15) is 5.75 Å². The lowest BCUT2D eigenvalue weighted by molar-refractivity contribution is -0.119. The van der Waals surface area contributed by atoms with E-state index in [-0.39, 0.29) is 12.3 Å². The molecule has 9 heavy (non-hydrogen) atoms. The van der Waals surface area contributed by atoms with Crippen LogP contribution in [0.2, 0.25) is 0 Å². The number of sulfone groups is 1. The maximum Gasteiger partial charge on any atom is 0.256 e. The number of carbonyl (C=O) groups is 1. The SMILES string of the molecule is O=C1CS(=O)(=O)CC[N]1. The van der Waals surface area contributed by atoms with Crippen LogP contribution in [0.5, 0.6) is 0 Å². The van der Waals surface area contributed by atoms with Crippen molar-refractivity contribution >= 4 is 15.7 Å². The van der Waals surface area contributed by atoms with Crippen LogP contribution >= 0.6 is 0 Å². The standard InChI is InChI=1S/C4H6NO3S/c6-4-3-9(7,8)2-1-5-4/h1-3H2. The molecule has 5 heteroatoms. The number of rotatable bonds is 0. The summed E-state index contributed by atoms with van der Waals surface area (Å²) in [5, 5.41) is 3.41. The van der Waals surface area contributed by atoms with Crippen molar-refractivity contribution < 1.29 is 13.2 Å². The van der Waals surface area contributed by atoms with Crippen molar-refractivity contribution in [2.45, 2.75) is 0 Å². The van der Waals surface area contributed by atoms with Crippen LogP contribution in [0, 0.1) is 0 Å². The third-order valence-corrected chi connectivity index (χ3v) is 2.53. The highest BCUT2D eigenvalue weighted by atomic mass is 32.2. The highest BCUT2D eigenvalue weighted by molar-refractivity contribution is 7.92. The zero-order valence-corrected chi connectivity index (χ0v) is 5.52. The smallest absolute Gasteiger partial charge is 0.256 e. The van der Waals surface area contributed by atoms with Gasteiger partial charge in [-0.1, -0.05) is 0 Å². The molecular weight excluding hydrogens is 142 g/mol. The van der Waals surface area contributed by atoms with Gasteiger partial charge in [-0.05, 0) is 0 Å². The minimum absolute atomic E-state index is 0.0265. The van der Waals surface area contributed by atoms with E-state index in [9.17, 15) is 13.2 Å². The Kier molecular flexibility index (Phi) is 1.44. The van der Waals surface area contributed by atoms with Crippen LogP contribution in [0.1, 0.15) is 0 Å². The fourth-order valence-corrected chi connectivity index (χ4v) is 1.60. The quantitative estimate of drug-likeness (QED) is 0.422. The molecule has 1 saturated heterocycles. The summed E-state index contributed by atoms with van der Waals surface area (Å²) in [4.78, 5) is 10.3. The number of hydrogen-bond donors (Lipinski definition) is 0. The molecule has 4 nitrogen and oxygen atoms in total. The average Bonchev–Trinajstić information content (AvgIpc) is 1.60. The van der Waals surface area contributed by atoms with Crippen LogP contribution in [0.4, 0.5) is 0 Å². The summed E-state index contributed by atoms with van der Waals surface area (Å²) in [5.41, 5.74) is 0. The van der Waals surface area contributed by atoms with Gasteiger partial charge in [0, 0.05) is 0 Å². The molecule has 0 bridgehead atoms. The van der Waals surface area contributed by atoms with Gasteiger partial charge in [-0.15, -0.1) is 0 Å². The van der Waals surface area contributed by atoms with Crippen molar-refractivity contribution in [2.75, 3.05) is 18.1 Å². The normalized spacial score (nSPS) is 25.1. The van der Waals surface area contributed by atoms with Crippen molar-refractivity contribution in [1.29, 1.82) is 0 Å². The molecule has 1 radical (unpaired) electrons. The summed E-state index contributed by atoms with van der Waals surface area (Å²) in [6.45, 7) is 0.140. The molecule has 1 fully saturated rings. The molecule has 0 unspecified atom stereocenters. The first kappa shape index (κ1) is 6.54. The van der Waals surface area contributed by atoms with Crippen molar-refractivity contribution in [3.8, 4) is 0 Å². The van der Waals surface area contributed by atoms with E-state index < -0.39 is 21.5 Å². The summed E-state index contributed by atoms with van der Waals surface area (Å²) in [6.07, 6.45) is 0. The molecule has 1 amide bonds. The predicted octanol–water partition coefficient (Wildman–Crippen LogP) is -1.45. The second-order valence-electron chi connectivity index (χ2n) is 1.87. The second kappa shape index (κ2) is 1.98. The minimum atomic E-state index is -3.08. The Morgan fingerprint density at radius 2 is 2.11 bits per heavy atom. The zero-order valence-electron chi connectivity index (χ0n) is 4.70. The van der Waals surface area contributed by atoms with E-state index >= 15 is 0 Å². The van der Waals surface area contributed by atoms with E-state index in [0.717, 1.165) is 0 Å². The van der Waals surface area contributed by atoms with Crippen LogP contribution in [-0.2, 0) is 14.6 Å². The molecule has 0 spiro atoms. The van der Waals surface area contributed by atoms with Gasteiger partial charge in [-0.2, -0.15) is 0 Å². The van der Waals surface area contributed by atoms with E-state index in [2.05, 4.69) is 5.32 Å². The van der Waals surface area contributed by atoms with Crippen molar-refractivity contribution in [2.24, 2.45) is 0 Å². The van der Waals surface area contributed by atoms with Crippen LogP contribution in [0.25, 0.3) is 0 Å². The molecule has 1 rings (SSSR count). The monoisotopic (exact) mass is 148 g/mol. The van der Waals surface area contributed by atoms with E-state index in [1.165, 1.54) is 0 Å². The Morgan fingerprint density at radius 3 is 2.44 bits per heavy atom. The zero-order chi connectivity index (χ0) is 6.91. The molecule has 0 N–H and O–H groups in total. The minimum Gasteiger partial charge on any atom is -0.272 e. The van der Waals surface area contributed by atoms with Gasteiger partial charge in [-0.25, -0.2) is 13.7 Å². The highest BCUT2D eigenvalue weighted by Crippen LogP contribution is 1.94. The largest absolute Gasteiger partial charge is 0.272 e. The predicted molar refractivity (Wildman–Crippen MR) is 30.7 cm³/mol. The van der Waals surface area contributed by atoms with Gasteiger partial charge in [0.25, 0.3) is 5.91 Å². The number of nitrogens with zero attached hydrogens (tertiary/aromatic N) is 1. The number of amides is 1. The molecule has 1 aliphatic rings. The molecule has 1 heterocycles. The maximum absolute atomic E-state index is 10.6. The molecule has 0 aromatic heterocycles. The van der Waals surface area contributed by atoms with Crippen LogP contribution in [-0.4, -0.2) is 32.4 Å². The van der Waals surface area contributed by atoms with Gasteiger partial charge >= 0.3 is 0 Å². The molecule has 51 valence electrons. The molecule has 0 aromatic rings. The first-order chi connectivity index (χ1) is 4.10. The Bertz CT molecular complexity index is 218. The third kappa shape index (κ3) is 1.67. The van der Waals surface area contributed by atoms with E-state index in [1.807, 2.05) is 0 Å². The van der Waals surface area contributed by atoms with Crippen molar-refractivity contribution in [1.82, 2.24) is 5.32 Å². The summed E-state index contributed by atoms with van der Waals surface area (Å²) >= 11 is 0. The van der Waals surface area contributed by atoms with Gasteiger partial charge < -0.3 is 0 Å². The number of hydrogen-bond acceptors (Lipinski definition) is 3. The van der Waals surface area contributed by atoms with E-state index in [1.54, 1.807) is 0 Å². The molecule has 0 aliphatic carbocycles. The fourth-order valence-electron chi connectivity index (χ4n) is 0.615.